The molecule has 4 nitrogen and oxygen atoms in total. The fourth-order valence-electron chi connectivity index (χ4n) is 2.39. The van der Waals surface area contributed by atoms with Crippen LogP contribution in [-0.4, -0.2) is 44.4 Å². The minimum absolute atomic E-state index is 0.119. The Bertz CT molecular complexity index is 433. The van der Waals surface area contributed by atoms with Gasteiger partial charge in [0, 0.05) is 32.7 Å². The number of benzene rings is 1. The number of rotatable bonds is 3. The van der Waals surface area contributed by atoms with Gasteiger partial charge in [0.2, 0.25) is 12.5 Å². The molecule has 0 aliphatic carbocycles. The molecule has 0 saturated carbocycles. The normalized spacial score (nSPS) is 19.2. The SMILES string of the molecule is Fc1c(CCN2CCNCC2)ccc2c1OCO2. The Morgan fingerprint density at radius 3 is 2.89 bits per heavy atom. The topological polar surface area (TPSA) is 33.7 Å². The van der Waals surface area contributed by atoms with Gasteiger partial charge in [-0.15, -0.1) is 0 Å². The highest BCUT2D eigenvalue weighted by atomic mass is 19.1. The summed E-state index contributed by atoms with van der Waals surface area (Å²) in [6.07, 6.45) is 0.711. The first-order valence-electron chi connectivity index (χ1n) is 6.34. The molecule has 2 aliphatic heterocycles. The van der Waals surface area contributed by atoms with E-state index in [-0.39, 0.29) is 18.4 Å². The summed E-state index contributed by atoms with van der Waals surface area (Å²) in [5, 5.41) is 3.31. The standard InChI is InChI=1S/C13H17FN2O2/c14-12-10(1-2-11-13(12)18-9-17-11)3-6-16-7-4-15-5-8-16/h1-2,15H,3-9H2. The third-order valence-corrected chi connectivity index (χ3v) is 3.47. The van der Waals surface area contributed by atoms with Crippen LogP contribution in [-0.2, 0) is 6.42 Å². The molecule has 0 spiro atoms. The smallest absolute Gasteiger partial charge is 0.231 e. The van der Waals surface area contributed by atoms with Crippen LogP contribution in [0.3, 0.4) is 0 Å². The van der Waals surface area contributed by atoms with Crippen LogP contribution in [0.2, 0.25) is 0 Å². The molecule has 98 valence electrons. The van der Waals surface area contributed by atoms with E-state index < -0.39 is 0 Å². The molecule has 0 amide bonds. The second-order valence-electron chi connectivity index (χ2n) is 4.61. The molecule has 1 fully saturated rings. The number of nitrogens with zero attached hydrogens (tertiary/aromatic N) is 1. The summed E-state index contributed by atoms with van der Waals surface area (Å²) in [7, 11) is 0. The molecule has 0 atom stereocenters. The highest BCUT2D eigenvalue weighted by Gasteiger charge is 2.21. The fourth-order valence-corrected chi connectivity index (χ4v) is 2.39. The Labute approximate surface area is 106 Å². The molecule has 1 saturated heterocycles. The number of piperazine rings is 1. The van der Waals surface area contributed by atoms with Gasteiger partial charge >= 0.3 is 0 Å². The Morgan fingerprint density at radius 2 is 2.06 bits per heavy atom. The molecule has 0 aromatic heterocycles. The predicted molar refractivity (Wildman–Crippen MR) is 65.5 cm³/mol. The minimum atomic E-state index is -0.264. The van der Waals surface area contributed by atoms with Gasteiger partial charge in [-0.1, -0.05) is 6.07 Å². The molecule has 0 bridgehead atoms. The Kier molecular flexibility index (Phi) is 3.34. The Balaban J connectivity index is 1.65. The zero-order valence-electron chi connectivity index (χ0n) is 10.2. The first-order valence-corrected chi connectivity index (χ1v) is 6.34. The van der Waals surface area contributed by atoms with Crippen molar-refractivity contribution in [2.24, 2.45) is 0 Å². The fraction of sp³-hybridized carbons (Fsp3) is 0.538. The zero-order valence-corrected chi connectivity index (χ0v) is 10.2. The number of fused-ring (bicyclic) bond motifs is 1. The third-order valence-electron chi connectivity index (χ3n) is 3.47. The van der Waals surface area contributed by atoms with E-state index in [4.69, 9.17) is 9.47 Å². The molecule has 3 rings (SSSR count). The van der Waals surface area contributed by atoms with Gasteiger partial charge in [-0.3, -0.25) is 0 Å². The van der Waals surface area contributed by atoms with E-state index in [1.807, 2.05) is 0 Å². The van der Waals surface area contributed by atoms with Crippen LogP contribution in [0.5, 0.6) is 11.5 Å². The number of hydrogen-bond donors (Lipinski definition) is 1. The summed E-state index contributed by atoms with van der Waals surface area (Å²) in [5.74, 6) is 0.520. The largest absolute Gasteiger partial charge is 0.453 e. The average Bonchev–Trinajstić information content (AvgIpc) is 2.88. The lowest BCUT2D eigenvalue weighted by Crippen LogP contribution is -2.44. The Hall–Kier alpha value is -1.33. The van der Waals surface area contributed by atoms with E-state index in [0.29, 0.717) is 17.7 Å². The van der Waals surface area contributed by atoms with Gasteiger partial charge in [-0.25, -0.2) is 4.39 Å². The Morgan fingerprint density at radius 1 is 1.22 bits per heavy atom. The molecule has 18 heavy (non-hydrogen) atoms. The molecule has 1 aromatic carbocycles. The molecule has 5 heteroatoms. The number of halogens is 1. The molecule has 0 radical (unpaired) electrons. The van der Waals surface area contributed by atoms with E-state index >= 15 is 0 Å². The molecular weight excluding hydrogens is 235 g/mol. The lowest BCUT2D eigenvalue weighted by molar-refractivity contribution is 0.170. The van der Waals surface area contributed by atoms with Gasteiger partial charge in [-0.05, 0) is 18.1 Å². The minimum Gasteiger partial charge on any atom is -0.453 e. The van der Waals surface area contributed by atoms with E-state index in [9.17, 15) is 4.39 Å². The summed E-state index contributed by atoms with van der Waals surface area (Å²) >= 11 is 0. The summed E-state index contributed by atoms with van der Waals surface area (Å²) in [4.78, 5) is 2.35. The average molecular weight is 252 g/mol. The summed E-state index contributed by atoms with van der Waals surface area (Å²) in [6.45, 7) is 5.11. The van der Waals surface area contributed by atoms with Gasteiger partial charge in [0.25, 0.3) is 0 Å². The third kappa shape index (κ3) is 2.28. The van der Waals surface area contributed by atoms with Crippen molar-refractivity contribution in [1.29, 1.82) is 0 Å². The monoisotopic (exact) mass is 252 g/mol. The van der Waals surface area contributed by atoms with Crippen LogP contribution in [0.25, 0.3) is 0 Å². The van der Waals surface area contributed by atoms with E-state index in [1.54, 1.807) is 12.1 Å². The zero-order chi connectivity index (χ0) is 12.4. The highest BCUT2D eigenvalue weighted by molar-refractivity contribution is 5.46. The van der Waals surface area contributed by atoms with Crippen LogP contribution in [0.4, 0.5) is 4.39 Å². The maximum Gasteiger partial charge on any atom is 0.231 e. The van der Waals surface area contributed by atoms with Gasteiger partial charge in [0.05, 0.1) is 0 Å². The van der Waals surface area contributed by atoms with Crippen molar-refractivity contribution in [3.63, 3.8) is 0 Å². The van der Waals surface area contributed by atoms with Crippen molar-refractivity contribution in [2.75, 3.05) is 39.5 Å². The molecule has 2 aliphatic rings. The van der Waals surface area contributed by atoms with Gasteiger partial charge < -0.3 is 19.7 Å². The van der Waals surface area contributed by atoms with Gasteiger partial charge in [-0.2, -0.15) is 0 Å². The van der Waals surface area contributed by atoms with Gasteiger partial charge in [0.1, 0.15) is 0 Å². The molecule has 1 N–H and O–H groups in total. The van der Waals surface area contributed by atoms with Gasteiger partial charge in [0.15, 0.2) is 11.6 Å². The van der Waals surface area contributed by atoms with Crippen LogP contribution < -0.4 is 14.8 Å². The maximum atomic E-state index is 14.1. The number of nitrogens with one attached hydrogen (secondary N) is 1. The first kappa shape index (κ1) is 11.7. The van der Waals surface area contributed by atoms with E-state index in [0.717, 1.165) is 32.7 Å². The lowest BCUT2D eigenvalue weighted by Gasteiger charge is -2.27. The maximum absolute atomic E-state index is 14.1. The van der Waals surface area contributed by atoms with E-state index in [1.165, 1.54) is 0 Å². The first-order chi connectivity index (χ1) is 8.84. The summed E-state index contributed by atoms with van der Waals surface area (Å²) in [5.41, 5.74) is 0.706. The van der Waals surface area contributed by atoms with Crippen LogP contribution >= 0.6 is 0 Å². The van der Waals surface area contributed by atoms with Crippen molar-refractivity contribution in [1.82, 2.24) is 10.2 Å². The lowest BCUT2D eigenvalue weighted by atomic mass is 10.1. The van der Waals surface area contributed by atoms with Crippen LogP contribution in [0.15, 0.2) is 12.1 Å². The molecular formula is C13H17FN2O2. The second kappa shape index (κ2) is 5.12. The summed E-state index contributed by atoms with van der Waals surface area (Å²) < 4.78 is 24.4. The molecule has 1 aromatic rings. The number of ether oxygens (including phenoxy) is 2. The second-order valence-corrected chi connectivity index (χ2v) is 4.61. The van der Waals surface area contributed by atoms with Crippen molar-refractivity contribution >= 4 is 0 Å². The number of hydrogen-bond acceptors (Lipinski definition) is 4. The summed E-state index contributed by atoms with van der Waals surface area (Å²) in [6, 6.07) is 3.59. The highest BCUT2D eigenvalue weighted by Crippen LogP contribution is 2.36. The van der Waals surface area contributed by atoms with Crippen molar-refractivity contribution in [3.8, 4) is 11.5 Å². The molecule has 0 unspecified atom stereocenters. The van der Waals surface area contributed by atoms with Crippen molar-refractivity contribution < 1.29 is 13.9 Å². The van der Waals surface area contributed by atoms with Crippen molar-refractivity contribution in [2.45, 2.75) is 6.42 Å². The molecule has 2 heterocycles. The van der Waals surface area contributed by atoms with E-state index in [2.05, 4.69) is 10.2 Å². The van der Waals surface area contributed by atoms with Crippen molar-refractivity contribution in [3.05, 3.63) is 23.5 Å². The predicted octanol–water partition coefficient (Wildman–Crippen LogP) is 1.00. The quantitative estimate of drug-likeness (QED) is 0.870. The van der Waals surface area contributed by atoms with Crippen LogP contribution in [0, 0.1) is 5.82 Å². The van der Waals surface area contributed by atoms with Crippen LogP contribution in [0.1, 0.15) is 5.56 Å².